The average Bonchev–Trinajstić information content (AvgIpc) is 2.23. The monoisotopic (exact) mass is 180 g/mol. The van der Waals surface area contributed by atoms with E-state index >= 15 is 0 Å². The topological polar surface area (TPSA) is 24.9 Å². The Morgan fingerprint density at radius 1 is 1.23 bits per heavy atom. The molecular weight excluding hydrogens is 160 g/mol. The fourth-order valence-electron chi connectivity index (χ4n) is 0.879. The quantitative estimate of drug-likeness (QED) is 0.719. The maximum Gasteiger partial charge on any atom is 0.0371 e. The van der Waals surface area contributed by atoms with Crippen LogP contribution < -0.4 is 5.32 Å². The molecule has 0 saturated heterocycles. The molecule has 0 aliphatic rings. The molecule has 2 heteroatoms. The van der Waals surface area contributed by atoms with Gasteiger partial charge in [-0.2, -0.15) is 0 Å². The van der Waals surface area contributed by atoms with Crippen molar-refractivity contribution in [2.75, 3.05) is 11.9 Å². The minimum absolute atomic E-state index is 1.06. The van der Waals surface area contributed by atoms with E-state index in [1.165, 1.54) is 12.8 Å². The Morgan fingerprint density at radius 2 is 1.85 bits per heavy atom. The lowest BCUT2D eigenvalue weighted by Crippen LogP contribution is -2.00. The van der Waals surface area contributed by atoms with Gasteiger partial charge in [-0.25, -0.2) is 0 Å². The molecule has 1 aromatic rings. The number of hydrogen-bond donors (Lipinski definition) is 1. The molecule has 1 N–H and O–H groups in total. The van der Waals surface area contributed by atoms with Gasteiger partial charge < -0.3 is 5.32 Å². The molecule has 0 spiro atoms. The minimum atomic E-state index is 1.06. The summed E-state index contributed by atoms with van der Waals surface area (Å²) in [6, 6.07) is 3.96. The van der Waals surface area contributed by atoms with Crippen molar-refractivity contribution in [2.45, 2.75) is 33.6 Å². The maximum atomic E-state index is 3.93. The first-order valence-corrected chi connectivity index (χ1v) is 5.07. The lowest BCUT2D eigenvalue weighted by Gasteiger charge is -2.02. The molecule has 13 heavy (non-hydrogen) atoms. The Balaban J connectivity index is 0.000000671. The number of hydrogen-bond acceptors (Lipinski definition) is 2. The highest BCUT2D eigenvalue weighted by Crippen LogP contribution is 2.02. The minimum Gasteiger partial charge on any atom is -0.385 e. The predicted molar refractivity (Wildman–Crippen MR) is 59.0 cm³/mol. The zero-order valence-corrected chi connectivity index (χ0v) is 8.88. The molecule has 0 aromatic carbocycles. The van der Waals surface area contributed by atoms with Gasteiger partial charge >= 0.3 is 0 Å². The van der Waals surface area contributed by atoms with E-state index in [0.29, 0.717) is 0 Å². The number of anilines is 1. The Bertz CT molecular complexity index is 185. The SMILES string of the molecule is CC.CCCCNc1ccncc1. The molecule has 0 atom stereocenters. The van der Waals surface area contributed by atoms with Gasteiger partial charge in [0, 0.05) is 24.6 Å². The molecular formula is C11H20N2. The largest absolute Gasteiger partial charge is 0.385 e. The van der Waals surface area contributed by atoms with Gasteiger partial charge in [-0.3, -0.25) is 4.98 Å². The number of rotatable bonds is 4. The molecule has 2 nitrogen and oxygen atoms in total. The van der Waals surface area contributed by atoms with Gasteiger partial charge in [0.1, 0.15) is 0 Å². The fourth-order valence-corrected chi connectivity index (χ4v) is 0.879. The van der Waals surface area contributed by atoms with Gasteiger partial charge in [0.25, 0.3) is 0 Å². The van der Waals surface area contributed by atoms with Crippen molar-refractivity contribution in [3.8, 4) is 0 Å². The second-order valence-corrected chi connectivity index (χ2v) is 2.52. The maximum absolute atomic E-state index is 3.93. The molecule has 1 rings (SSSR count). The third-order valence-electron chi connectivity index (χ3n) is 1.54. The molecule has 0 fully saturated rings. The molecule has 0 unspecified atom stereocenters. The summed E-state index contributed by atoms with van der Waals surface area (Å²) in [5, 5.41) is 3.31. The van der Waals surface area contributed by atoms with Gasteiger partial charge in [-0.05, 0) is 18.6 Å². The summed E-state index contributed by atoms with van der Waals surface area (Å²) < 4.78 is 0. The van der Waals surface area contributed by atoms with Crippen LogP contribution in [-0.4, -0.2) is 11.5 Å². The summed E-state index contributed by atoms with van der Waals surface area (Å²) in [5.41, 5.74) is 1.16. The van der Waals surface area contributed by atoms with Crippen LogP contribution in [0.5, 0.6) is 0 Å². The summed E-state index contributed by atoms with van der Waals surface area (Å²) in [5.74, 6) is 0. The Hall–Kier alpha value is -1.05. The summed E-state index contributed by atoms with van der Waals surface area (Å²) in [7, 11) is 0. The average molecular weight is 180 g/mol. The van der Waals surface area contributed by atoms with E-state index in [1.54, 1.807) is 12.4 Å². The highest BCUT2D eigenvalue weighted by molar-refractivity contribution is 5.40. The van der Waals surface area contributed by atoms with Crippen molar-refractivity contribution in [2.24, 2.45) is 0 Å². The molecule has 0 radical (unpaired) electrons. The van der Waals surface area contributed by atoms with E-state index in [1.807, 2.05) is 26.0 Å². The Kier molecular flexibility index (Phi) is 8.31. The summed E-state index contributed by atoms with van der Waals surface area (Å²) >= 11 is 0. The van der Waals surface area contributed by atoms with E-state index < -0.39 is 0 Å². The first-order valence-electron chi connectivity index (χ1n) is 5.07. The second kappa shape index (κ2) is 9.04. The molecule has 1 heterocycles. The van der Waals surface area contributed by atoms with Gasteiger partial charge in [-0.1, -0.05) is 27.2 Å². The molecule has 74 valence electrons. The number of aromatic nitrogens is 1. The van der Waals surface area contributed by atoms with Crippen molar-refractivity contribution < 1.29 is 0 Å². The van der Waals surface area contributed by atoms with Crippen molar-refractivity contribution in [1.29, 1.82) is 0 Å². The van der Waals surface area contributed by atoms with Crippen LogP contribution in [0.1, 0.15) is 33.6 Å². The molecule has 1 aromatic heterocycles. The van der Waals surface area contributed by atoms with Gasteiger partial charge in [0.15, 0.2) is 0 Å². The predicted octanol–water partition coefficient (Wildman–Crippen LogP) is 3.32. The van der Waals surface area contributed by atoms with Crippen LogP contribution in [0.3, 0.4) is 0 Å². The van der Waals surface area contributed by atoms with Gasteiger partial charge in [0.05, 0.1) is 0 Å². The van der Waals surface area contributed by atoms with Crippen molar-refractivity contribution in [3.63, 3.8) is 0 Å². The third-order valence-corrected chi connectivity index (χ3v) is 1.54. The summed E-state index contributed by atoms with van der Waals surface area (Å²) in [6.45, 7) is 7.24. The van der Waals surface area contributed by atoms with Crippen LogP contribution in [0.15, 0.2) is 24.5 Å². The van der Waals surface area contributed by atoms with E-state index in [2.05, 4.69) is 17.2 Å². The smallest absolute Gasteiger partial charge is 0.0371 e. The van der Waals surface area contributed by atoms with E-state index in [9.17, 15) is 0 Å². The molecule has 0 aliphatic carbocycles. The highest BCUT2D eigenvalue weighted by atomic mass is 14.9. The molecule has 0 aliphatic heterocycles. The standard InChI is InChI=1S/C9H14N2.C2H6/c1-2-3-6-11-9-4-7-10-8-5-9;1-2/h4-5,7-8H,2-3,6H2,1H3,(H,10,11);1-2H3. The normalized spacial score (nSPS) is 8.54. The number of nitrogens with zero attached hydrogens (tertiary/aromatic N) is 1. The van der Waals surface area contributed by atoms with E-state index in [0.717, 1.165) is 12.2 Å². The van der Waals surface area contributed by atoms with Crippen LogP contribution in [0, 0.1) is 0 Å². The Morgan fingerprint density at radius 3 is 2.38 bits per heavy atom. The highest BCUT2D eigenvalue weighted by Gasteiger charge is 1.86. The van der Waals surface area contributed by atoms with E-state index in [4.69, 9.17) is 0 Å². The summed E-state index contributed by atoms with van der Waals surface area (Å²) in [6.07, 6.45) is 6.06. The van der Waals surface area contributed by atoms with Gasteiger partial charge in [-0.15, -0.1) is 0 Å². The van der Waals surface area contributed by atoms with Crippen LogP contribution in [0.2, 0.25) is 0 Å². The first kappa shape index (κ1) is 11.9. The van der Waals surface area contributed by atoms with Gasteiger partial charge in [0.2, 0.25) is 0 Å². The second-order valence-electron chi connectivity index (χ2n) is 2.52. The number of pyridine rings is 1. The van der Waals surface area contributed by atoms with Crippen LogP contribution in [0.4, 0.5) is 5.69 Å². The third kappa shape index (κ3) is 6.14. The van der Waals surface area contributed by atoms with Crippen LogP contribution >= 0.6 is 0 Å². The molecule has 0 saturated carbocycles. The van der Waals surface area contributed by atoms with Crippen molar-refractivity contribution in [1.82, 2.24) is 4.98 Å². The van der Waals surface area contributed by atoms with Crippen LogP contribution in [0.25, 0.3) is 0 Å². The van der Waals surface area contributed by atoms with Crippen molar-refractivity contribution in [3.05, 3.63) is 24.5 Å². The Labute approximate surface area is 81.4 Å². The van der Waals surface area contributed by atoms with E-state index in [-0.39, 0.29) is 0 Å². The first-order chi connectivity index (χ1) is 6.43. The van der Waals surface area contributed by atoms with Crippen LogP contribution in [-0.2, 0) is 0 Å². The summed E-state index contributed by atoms with van der Waals surface area (Å²) in [4.78, 5) is 3.93. The van der Waals surface area contributed by atoms with Crippen molar-refractivity contribution >= 4 is 5.69 Å². The fraction of sp³-hybridized carbons (Fsp3) is 0.545. The molecule has 0 amide bonds. The number of nitrogens with one attached hydrogen (secondary N) is 1. The zero-order chi connectivity index (χ0) is 9.94. The zero-order valence-electron chi connectivity index (χ0n) is 8.88. The molecule has 0 bridgehead atoms. The lowest BCUT2D eigenvalue weighted by molar-refractivity contribution is 0.834. The lowest BCUT2D eigenvalue weighted by atomic mass is 10.3. The number of unbranched alkanes of at least 4 members (excludes halogenated alkanes) is 1.